The predicted molar refractivity (Wildman–Crippen MR) is 51.2 cm³/mol. The average Bonchev–Trinajstić information content (AvgIpc) is 2.07. The van der Waals surface area contributed by atoms with Crippen LogP contribution < -0.4 is 10.5 Å². The maximum atomic E-state index is 5.91. The van der Waals surface area contributed by atoms with Crippen LogP contribution in [0.5, 0.6) is 5.75 Å². The van der Waals surface area contributed by atoms with Crippen molar-refractivity contribution in [2.75, 3.05) is 6.61 Å². The normalized spacial score (nSPS) is 21.3. The first-order valence-electron chi connectivity index (χ1n) is 3.95. The molecule has 1 aromatic carbocycles. The summed E-state index contributed by atoms with van der Waals surface area (Å²) in [4.78, 5) is 0. The van der Waals surface area contributed by atoms with E-state index in [1.54, 1.807) is 0 Å². The molecule has 1 heterocycles. The lowest BCUT2D eigenvalue weighted by Gasteiger charge is -2.22. The van der Waals surface area contributed by atoms with Gasteiger partial charge in [0.05, 0.1) is 6.61 Å². The van der Waals surface area contributed by atoms with Crippen molar-refractivity contribution in [1.29, 1.82) is 0 Å². The lowest BCUT2D eigenvalue weighted by atomic mass is 10.0. The highest BCUT2D eigenvalue weighted by Gasteiger charge is 2.17. The third-order valence-electron chi connectivity index (χ3n) is 2.06. The Morgan fingerprint density at radius 2 is 2.33 bits per heavy atom. The summed E-state index contributed by atoms with van der Waals surface area (Å²) < 4.78 is 6.51. The second kappa shape index (κ2) is 3.07. The van der Waals surface area contributed by atoms with Gasteiger partial charge in [-0.1, -0.05) is 15.9 Å². The van der Waals surface area contributed by atoms with Crippen LogP contribution in [0.25, 0.3) is 0 Å². The largest absolute Gasteiger partial charge is 0.493 e. The Morgan fingerprint density at radius 1 is 1.50 bits per heavy atom. The molecule has 0 saturated carbocycles. The molecule has 0 radical (unpaired) electrons. The number of fused-ring (bicyclic) bond motifs is 1. The van der Waals surface area contributed by atoms with Crippen molar-refractivity contribution in [3.8, 4) is 5.75 Å². The summed E-state index contributed by atoms with van der Waals surface area (Å²) in [5, 5.41) is 0. The molecular weight excluding hydrogens is 218 g/mol. The van der Waals surface area contributed by atoms with Crippen molar-refractivity contribution >= 4 is 15.9 Å². The van der Waals surface area contributed by atoms with Gasteiger partial charge in [0.15, 0.2) is 0 Å². The van der Waals surface area contributed by atoms with E-state index in [-0.39, 0.29) is 6.04 Å². The van der Waals surface area contributed by atoms with E-state index in [9.17, 15) is 0 Å². The van der Waals surface area contributed by atoms with Gasteiger partial charge < -0.3 is 10.5 Å². The van der Waals surface area contributed by atoms with Crippen molar-refractivity contribution in [2.24, 2.45) is 5.73 Å². The molecule has 0 amide bonds. The molecule has 1 aliphatic heterocycles. The first kappa shape index (κ1) is 8.08. The maximum absolute atomic E-state index is 5.91. The van der Waals surface area contributed by atoms with E-state index in [0.717, 1.165) is 28.8 Å². The molecule has 1 aromatic rings. The molecule has 0 unspecified atom stereocenters. The standard InChI is InChI=1S/C9H10BrNO/c10-6-1-2-9-7(5-6)8(11)3-4-12-9/h1-2,5,8H,3-4,11H2/t8-/m0/s1. The van der Waals surface area contributed by atoms with Crippen molar-refractivity contribution in [3.63, 3.8) is 0 Å². The van der Waals surface area contributed by atoms with E-state index in [4.69, 9.17) is 10.5 Å². The number of nitrogens with two attached hydrogens (primary N) is 1. The third kappa shape index (κ3) is 1.34. The summed E-state index contributed by atoms with van der Waals surface area (Å²) in [6.45, 7) is 0.732. The molecule has 1 aliphatic rings. The fraction of sp³-hybridized carbons (Fsp3) is 0.333. The topological polar surface area (TPSA) is 35.2 Å². The van der Waals surface area contributed by atoms with E-state index < -0.39 is 0 Å². The fourth-order valence-corrected chi connectivity index (χ4v) is 1.77. The van der Waals surface area contributed by atoms with Crippen molar-refractivity contribution in [3.05, 3.63) is 28.2 Å². The lowest BCUT2D eigenvalue weighted by molar-refractivity contribution is 0.269. The summed E-state index contributed by atoms with van der Waals surface area (Å²) in [5.41, 5.74) is 7.02. The quantitative estimate of drug-likeness (QED) is 0.738. The van der Waals surface area contributed by atoms with Gasteiger partial charge in [0.2, 0.25) is 0 Å². The van der Waals surface area contributed by atoms with Crippen LogP contribution >= 0.6 is 15.9 Å². The van der Waals surface area contributed by atoms with E-state index >= 15 is 0 Å². The molecule has 0 aliphatic carbocycles. The van der Waals surface area contributed by atoms with Crippen molar-refractivity contribution in [1.82, 2.24) is 0 Å². The Morgan fingerprint density at radius 3 is 3.17 bits per heavy atom. The lowest BCUT2D eigenvalue weighted by Crippen LogP contribution is -2.20. The molecule has 3 heteroatoms. The molecule has 2 rings (SSSR count). The number of hydrogen-bond acceptors (Lipinski definition) is 2. The Bertz CT molecular complexity index is 301. The fourth-order valence-electron chi connectivity index (χ4n) is 1.39. The Balaban J connectivity index is 2.47. The second-order valence-corrected chi connectivity index (χ2v) is 3.84. The summed E-state index contributed by atoms with van der Waals surface area (Å²) in [5.74, 6) is 0.928. The Labute approximate surface area is 79.8 Å². The molecule has 12 heavy (non-hydrogen) atoms. The van der Waals surface area contributed by atoms with E-state index in [1.165, 1.54) is 0 Å². The van der Waals surface area contributed by atoms with Crippen molar-refractivity contribution < 1.29 is 4.74 Å². The molecule has 0 spiro atoms. The van der Waals surface area contributed by atoms with E-state index in [0.29, 0.717) is 0 Å². The number of benzene rings is 1. The first-order valence-corrected chi connectivity index (χ1v) is 4.74. The molecule has 64 valence electrons. The van der Waals surface area contributed by atoms with Gasteiger partial charge in [0, 0.05) is 22.5 Å². The van der Waals surface area contributed by atoms with Gasteiger partial charge >= 0.3 is 0 Å². The number of hydrogen-bond donors (Lipinski definition) is 1. The van der Waals surface area contributed by atoms with Gasteiger partial charge in [-0.05, 0) is 18.2 Å². The van der Waals surface area contributed by atoms with Crippen LogP contribution in [0.1, 0.15) is 18.0 Å². The van der Waals surface area contributed by atoms with Crippen LogP contribution in [0.15, 0.2) is 22.7 Å². The highest BCUT2D eigenvalue weighted by Crippen LogP contribution is 2.32. The van der Waals surface area contributed by atoms with Gasteiger partial charge in [-0.25, -0.2) is 0 Å². The molecule has 2 N–H and O–H groups in total. The Kier molecular flexibility index (Phi) is 2.07. The van der Waals surface area contributed by atoms with Gasteiger partial charge in [-0.3, -0.25) is 0 Å². The van der Waals surface area contributed by atoms with Crippen LogP contribution in [0, 0.1) is 0 Å². The minimum Gasteiger partial charge on any atom is -0.493 e. The molecule has 0 bridgehead atoms. The number of ether oxygens (including phenoxy) is 1. The van der Waals surface area contributed by atoms with Gasteiger partial charge in [0.1, 0.15) is 5.75 Å². The maximum Gasteiger partial charge on any atom is 0.124 e. The minimum atomic E-state index is 0.131. The zero-order chi connectivity index (χ0) is 8.55. The molecule has 0 saturated heterocycles. The first-order chi connectivity index (χ1) is 5.77. The number of rotatable bonds is 0. The number of halogens is 1. The average molecular weight is 228 g/mol. The zero-order valence-corrected chi connectivity index (χ0v) is 8.17. The Hall–Kier alpha value is -0.540. The van der Waals surface area contributed by atoms with E-state index in [2.05, 4.69) is 15.9 Å². The molecule has 2 nitrogen and oxygen atoms in total. The van der Waals surface area contributed by atoms with Crippen molar-refractivity contribution in [2.45, 2.75) is 12.5 Å². The molecule has 0 aromatic heterocycles. The smallest absolute Gasteiger partial charge is 0.124 e. The summed E-state index contributed by atoms with van der Waals surface area (Å²) in [7, 11) is 0. The van der Waals surface area contributed by atoms with Crippen LogP contribution in [0.4, 0.5) is 0 Å². The molecular formula is C9H10BrNO. The second-order valence-electron chi connectivity index (χ2n) is 2.93. The van der Waals surface area contributed by atoms with Crippen LogP contribution in [0.2, 0.25) is 0 Å². The van der Waals surface area contributed by atoms with Crippen LogP contribution in [0.3, 0.4) is 0 Å². The molecule has 0 fully saturated rings. The summed E-state index contributed by atoms with van der Waals surface area (Å²) in [6, 6.07) is 6.08. The van der Waals surface area contributed by atoms with Gasteiger partial charge in [0.25, 0.3) is 0 Å². The van der Waals surface area contributed by atoms with Gasteiger partial charge in [-0.2, -0.15) is 0 Å². The highest BCUT2D eigenvalue weighted by atomic mass is 79.9. The third-order valence-corrected chi connectivity index (χ3v) is 2.55. The summed E-state index contributed by atoms with van der Waals surface area (Å²) in [6.07, 6.45) is 0.906. The minimum absolute atomic E-state index is 0.131. The SMILES string of the molecule is N[C@H]1CCOc2ccc(Br)cc21. The van der Waals surface area contributed by atoms with Gasteiger partial charge in [-0.15, -0.1) is 0 Å². The van der Waals surface area contributed by atoms with E-state index in [1.807, 2.05) is 18.2 Å². The summed E-state index contributed by atoms with van der Waals surface area (Å²) >= 11 is 3.41. The molecule has 1 atom stereocenters. The highest BCUT2D eigenvalue weighted by molar-refractivity contribution is 9.10. The van der Waals surface area contributed by atoms with Crippen LogP contribution in [-0.2, 0) is 0 Å². The zero-order valence-electron chi connectivity index (χ0n) is 6.59. The predicted octanol–water partition coefficient (Wildman–Crippen LogP) is 2.23. The monoisotopic (exact) mass is 227 g/mol. The van der Waals surface area contributed by atoms with Crippen LogP contribution in [-0.4, -0.2) is 6.61 Å².